The molecule has 1 saturated carbocycles. The normalized spacial score (nSPS) is 22.5. The van der Waals surface area contributed by atoms with Crippen molar-refractivity contribution in [1.82, 2.24) is 9.55 Å². The van der Waals surface area contributed by atoms with Crippen molar-refractivity contribution in [1.29, 1.82) is 0 Å². The number of imidazole rings is 1. The zero-order valence-corrected chi connectivity index (χ0v) is 12.5. The standard InChI is InChI=1S/C15H18N2O2S/c1-9-16-13-6-3-10(15(18)19)7-14(13)17(9)11-4-5-12(8-11)20-2/h3,6-7,11-12H,4-5,8H2,1-2H3,(H,18,19). The van der Waals surface area contributed by atoms with Crippen molar-refractivity contribution >= 4 is 28.8 Å². The molecule has 1 fully saturated rings. The summed E-state index contributed by atoms with van der Waals surface area (Å²) in [7, 11) is 0. The molecule has 2 atom stereocenters. The summed E-state index contributed by atoms with van der Waals surface area (Å²) < 4.78 is 2.23. The third-order valence-corrected chi connectivity index (χ3v) is 5.26. The molecule has 1 heterocycles. The Hall–Kier alpha value is -1.49. The minimum Gasteiger partial charge on any atom is -0.478 e. The molecule has 1 aliphatic carbocycles. The van der Waals surface area contributed by atoms with Gasteiger partial charge in [-0.25, -0.2) is 9.78 Å². The Morgan fingerprint density at radius 1 is 1.45 bits per heavy atom. The minimum atomic E-state index is -0.884. The van der Waals surface area contributed by atoms with Crippen molar-refractivity contribution in [2.24, 2.45) is 0 Å². The number of thioether (sulfide) groups is 1. The maximum Gasteiger partial charge on any atom is 0.335 e. The molecule has 106 valence electrons. The summed E-state index contributed by atoms with van der Waals surface area (Å²) >= 11 is 1.92. The number of aromatic nitrogens is 2. The highest BCUT2D eigenvalue weighted by Crippen LogP contribution is 2.38. The number of nitrogens with zero attached hydrogens (tertiary/aromatic N) is 2. The van der Waals surface area contributed by atoms with Gasteiger partial charge in [-0.3, -0.25) is 0 Å². The van der Waals surface area contributed by atoms with Crippen molar-refractivity contribution in [3.8, 4) is 0 Å². The second-order valence-corrected chi connectivity index (χ2v) is 6.50. The summed E-state index contributed by atoms with van der Waals surface area (Å²) in [6.07, 6.45) is 5.68. The van der Waals surface area contributed by atoms with Crippen LogP contribution in [-0.2, 0) is 0 Å². The van der Waals surface area contributed by atoms with Gasteiger partial charge in [-0.05, 0) is 50.6 Å². The lowest BCUT2D eigenvalue weighted by atomic mass is 10.2. The van der Waals surface area contributed by atoms with Gasteiger partial charge in [0.15, 0.2) is 0 Å². The van der Waals surface area contributed by atoms with Crippen LogP contribution in [0.15, 0.2) is 18.2 Å². The van der Waals surface area contributed by atoms with E-state index in [1.54, 1.807) is 12.1 Å². The molecule has 0 saturated heterocycles. The van der Waals surface area contributed by atoms with Crippen LogP contribution in [0.25, 0.3) is 11.0 Å². The fraction of sp³-hybridized carbons (Fsp3) is 0.467. The molecule has 0 aliphatic heterocycles. The van der Waals surface area contributed by atoms with Gasteiger partial charge in [0.2, 0.25) is 0 Å². The Morgan fingerprint density at radius 2 is 2.25 bits per heavy atom. The molecule has 2 unspecified atom stereocenters. The lowest BCUT2D eigenvalue weighted by molar-refractivity contribution is 0.0697. The van der Waals surface area contributed by atoms with Crippen LogP contribution in [0.2, 0.25) is 0 Å². The average Bonchev–Trinajstić information content (AvgIpc) is 3.00. The first-order valence-electron chi connectivity index (χ1n) is 6.85. The van der Waals surface area contributed by atoms with E-state index in [-0.39, 0.29) is 0 Å². The van der Waals surface area contributed by atoms with E-state index in [2.05, 4.69) is 15.8 Å². The number of aryl methyl sites for hydroxylation is 1. The van der Waals surface area contributed by atoms with Crippen LogP contribution in [0.5, 0.6) is 0 Å². The molecular formula is C15H18N2O2S. The van der Waals surface area contributed by atoms with Gasteiger partial charge in [0.1, 0.15) is 5.82 Å². The molecule has 0 amide bonds. The lowest BCUT2D eigenvalue weighted by Gasteiger charge is -2.15. The largest absolute Gasteiger partial charge is 0.478 e. The number of carbonyl (C=O) groups is 1. The number of carboxylic acid groups (broad SMARTS) is 1. The van der Waals surface area contributed by atoms with E-state index in [1.165, 1.54) is 6.42 Å². The van der Waals surface area contributed by atoms with Gasteiger partial charge in [0.05, 0.1) is 16.6 Å². The maximum absolute atomic E-state index is 11.1. The number of benzene rings is 1. The van der Waals surface area contributed by atoms with Crippen molar-refractivity contribution in [3.63, 3.8) is 0 Å². The summed E-state index contributed by atoms with van der Waals surface area (Å²) in [6, 6.07) is 5.63. The second kappa shape index (κ2) is 5.13. The molecule has 20 heavy (non-hydrogen) atoms. The molecule has 0 spiro atoms. The Balaban J connectivity index is 2.07. The number of rotatable bonds is 3. The van der Waals surface area contributed by atoms with Crippen LogP contribution in [0.1, 0.15) is 41.5 Å². The van der Waals surface area contributed by atoms with Crippen molar-refractivity contribution in [2.45, 2.75) is 37.5 Å². The first-order chi connectivity index (χ1) is 9.60. The smallest absolute Gasteiger partial charge is 0.335 e. The van der Waals surface area contributed by atoms with Gasteiger partial charge in [0.25, 0.3) is 0 Å². The predicted octanol–water partition coefficient (Wildman–Crippen LogP) is 3.50. The van der Waals surface area contributed by atoms with E-state index in [4.69, 9.17) is 5.11 Å². The molecule has 1 aliphatic rings. The van der Waals surface area contributed by atoms with E-state index < -0.39 is 5.97 Å². The van der Waals surface area contributed by atoms with E-state index in [0.29, 0.717) is 16.9 Å². The van der Waals surface area contributed by atoms with Gasteiger partial charge >= 0.3 is 5.97 Å². The number of fused-ring (bicyclic) bond motifs is 1. The number of carboxylic acids is 1. The van der Waals surface area contributed by atoms with Gasteiger partial charge in [-0.15, -0.1) is 0 Å². The highest BCUT2D eigenvalue weighted by atomic mass is 32.2. The highest BCUT2D eigenvalue weighted by molar-refractivity contribution is 7.99. The molecule has 3 rings (SSSR count). The predicted molar refractivity (Wildman–Crippen MR) is 81.6 cm³/mol. The topological polar surface area (TPSA) is 55.1 Å². The third kappa shape index (κ3) is 2.20. The highest BCUT2D eigenvalue weighted by Gasteiger charge is 2.27. The zero-order chi connectivity index (χ0) is 14.3. The van der Waals surface area contributed by atoms with Crippen LogP contribution < -0.4 is 0 Å². The van der Waals surface area contributed by atoms with Crippen molar-refractivity contribution < 1.29 is 9.90 Å². The summed E-state index contributed by atoms with van der Waals surface area (Å²) in [5.74, 6) is 0.0972. The van der Waals surface area contributed by atoms with Gasteiger partial charge < -0.3 is 9.67 Å². The minimum absolute atomic E-state index is 0.332. The Kier molecular flexibility index (Phi) is 3.46. The summed E-state index contributed by atoms with van der Waals surface area (Å²) in [5, 5.41) is 9.86. The van der Waals surface area contributed by atoms with Gasteiger partial charge in [-0.2, -0.15) is 11.8 Å². The molecular weight excluding hydrogens is 272 g/mol. The Morgan fingerprint density at radius 3 is 2.90 bits per heavy atom. The summed E-state index contributed by atoms with van der Waals surface area (Å²) in [6.45, 7) is 2.01. The fourth-order valence-corrected chi connectivity index (χ4v) is 3.96. The first-order valence-corrected chi connectivity index (χ1v) is 8.13. The van der Waals surface area contributed by atoms with E-state index in [1.807, 2.05) is 24.8 Å². The molecule has 0 radical (unpaired) electrons. The lowest BCUT2D eigenvalue weighted by Crippen LogP contribution is -2.08. The second-order valence-electron chi connectivity index (χ2n) is 5.36. The number of hydrogen-bond acceptors (Lipinski definition) is 3. The molecule has 2 aromatic rings. The van der Waals surface area contributed by atoms with E-state index in [0.717, 1.165) is 29.7 Å². The molecule has 1 aromatic heterocycles. The van der Waals surface area contributed by atoms with Crippen molar-refractivity contribution in [3.05, 3.63) is 29.6 Å². The van der Waals surface area contributed by atoms with Crippen molar-refractivity contribution in [2.75, 3.05) is 6.26 Å². The molecule has 1 N–H and O–H groups in total. The van der Waals surface area contributed by atoms with Crippen LogP contribution in [-0.4, -0.2) is 32.1 Å². The number of hydrogen-bond donors (Lipinski definition) is 1. The third-order valence-electron chi connectivity index (χ3n) is 4.17. The maximum atomic E-state index is 11.1. The van der Waals surface area contributed by atoms with Crippen LogP contribution in [0.4, 0.5) is 0 Å². The summed E-state index contributed by atoms with van der Waals surface area (Å²) in [5.41, 5.74) is 2.17. The first kappa shape index (κ1) is 13.5. The Labute approximate surface area is 122 Å². The molecule has 0 bridgehead atoms. The van der Waals surface area contributed by atoms with Gasteiger partial charge in [0, 0.05) is 11.3 Å². The SMILES string of the molecule is CSC1CCC(n2c(C)nc3ccc(C(=O)O)cc32)C1. The monoisotopic (exact) mass is 290 g/mol. The van der Waals surface area contributed by atoms with Crippen LogP contribution in [0.3, 0.4) is 0 Å². The van der Waals surface area contributed by atoms with Crippen LogP contribution in [0, 0.1) is 6.92 Å². The zero-order valence-electron chi connectivity index (χ0n) is 11.7. The Bertz CT molecular complexity index is 665. The summed E-state index contributed by atoms with van der Waals surface area (Å²) in [4.78, 5) is 15.7. The molecule has 1 aromatic carbocycles. The van der Waals surface area contributed by atoms with Gasteiger partial charge in [-0.1, -0.05) is 0 Å². The van der Waals surface area contributed by atoms with E-state index in [9.17, 15) is 4.79 Å². The van der Waals surface area contributed by atoms with E-state index >= 15 is 0 Å². The fourth-order valence-electron chi connectivity index (χ4n) is 3.17. The average molecular weight is 290 g/mol. The molecule has 4 nitrogen and oxygen atoms in total. The van der Waals surface area contributed by atoms with Crippen LogP contribution >= 0.6 is 11.8 Å². The number of aromatic carboxylic acids is 1. The quantitative estimate of drug-likeness (QED) is 0.940. The molecule has 5 heteroatoms.